The Morgan fingerprint density at radius 3 is 2.64 bits per heavy atom. The maximum absolute atomic E-state index is 8.72. The molecule has 0 spiro atoms. The molecule has 70 valence electrons. The van der Waals surface area contributed by atoms with Crippen molar-refractivity contribution in [2.45, 2.75) is 6.42 Å². The highest BCUT2D eigenvalue weighted by Crippen LogP contribution is 2.27. The molecule has 1 aromatic carbocycles. The van der Waals surface area contributed by atoms with Gasteiger partial charge in [-0.15, -0.1) is 0 Å². The standard InChI is InChI=1S/C10H9N3O/c1-14-9-3-2-7(6-12)10(13)8(9)4-5-11/h2-3H,4,13H2,1H3. The molecular formula is C10H9N3O. The minimum atomic E-state index is 0.143. The second kappa shape index (κ2) is 4.15. The van der Waals surface area contributed by atoms with E-state index in [4.69, 9.17) is 21.0 Å². The third kappa shape index (κ3) is 1.60. The molecule has 0 radical (unpaired) electrons. The Morgan fingerprint density at radius 1 is 1.43 bits per heavy atom. The van der Waals surface area contributed by atoms with Crippen LogP contribution in [0.25, 0.3) is 0 Å². The Kier molecular flexibility index (Phi) is 2.93. The number of nitrogen functional groups attached to an aromatic ring is 1. The fraction of sp³-hybridized carbons (Fsp3) is 0.200. The summed E-state index contributed by atoms with van der Waals surface area (Å²) in [4.78, 5) is 0. The molecule has 0 aliphatic heterocycles. The predicted molar refractivity (Wildman–Crippen MR) is 51.4 cm³/mol. The highest BCUT2D eigenvalue weighted by Gasteiger charge is 2.10. The number of methoxy groups -OCH3 is 1. The van der Waals surface area contributed by atoms with Crippen molar-refractivity contribution in [2.75, 3.05) is 12.8 Å². The smallest absolute Gasteiger partial charge is 0.125 e. The van der Waals surface area contributed by atoms with Gasteiger partial charge in [0.05, 0.1) is 30.9 Å². The summed E-state index contributed by atoms with van der Waals surface area (Å²) in [6.45, 7) is 0. The fourth-order valence-electron chi connectivity index (χ4n) is 1.19. The van der Waals surface area contributed by atoms with Crippen LogP contribution < -0.4 is 10.5 Å². The van der Waals surface area contributed by atoms with E-state index in [0.717, 1.165) is 0 Å². The normalized spacial score (nSPS) is 8.79. The first-order chi connectivity index (χ1) is 6.74. The fourth-order valence-corrected chi connectivity index (χ4v) is 1.19. The zero-order valence-corrected chi connectivity index (χ0v) is 7.74. The summed E-state index contributed by atoms with van der Waals surface area (Å²) in [6, 6.07) is 7.16. The van der Waals surface area contributed by atoms with Crippen molar-refractivity contribution in [3.63, 3.8) is 0 Å². The molecule has 0 amide bonds. The van der Waals surface area contributed by atoms with E-state index in [1.54, 1.807) is 12.1 Å². The van der Waals surface area contributed by atoms with E-state index in [-0.39, 0.29) is 6.42 Å². The lowest BCUT2D eigenvalue weighted by molar-refractivity contribution is 0.411. The number of hydrogen-bond acceptors (Lipinski definition) is 4. The van der Waals surface area contributed by atoms with Gasteiger partial charge < -0.3 is 10.5 Å². The second-order valence-electron chi connectivity index (χ2n) is 2.65. The average Bonchev–Trinajstić information content (AvgIpc) is 2.21. The molecule has 2 N–H and O–H groups in total. The van der Waals surface area contributed by atoms with Crippen LogP contribution in [0.15, 0.2) is 12.1 Å². The maximum atomic E-state index is 8.72. The van der Waals surface area contributed by atoms with Crippen LogP contribution in [0.2, 0.25) is 0 Å². The third-order valence-electron chi connectivity index (χ3n) is 1.91. The maximum Gasteiger partial charge on any atom is 0.125 e. The molecule has 0 saturated carbocycles. The molecule has 1 rings (SSSR count). The monoisotopic (exact) mass is 187 g/mol. The largest absolute Gasteiger partial charge is 0.496 e. The van der Waals surface area contributed by atoms with Gasteiger partial charge in [-0.25, -0.2) is 0 Å². The van der Waals surface area contributed by atoms with Crippen LogP contribution in [0.4, 0.5) is 5.69 Å². The van der Waals surface area contributed by atoms with Crippen molar-refractivity contribution in [2.24, 2.45) is 0 Å². The molecule has 0 bridgehead atoms. The number of anilines is 1. The number of benzene rings is 1. The van der Waals surface area contributed by atoms with Gasteiger partial charge in [0.25, 0.3) is 0 Å². The van der Waals surface area contributed by atoms with Gasteiger partial charge in [-0.1, -0.05) is 0 Å². The van der Waals surface area contributed by atoms with E-state index >= 15 is 0 Å². The minimum absolute atomic E-state index is 0.143. The quantitative estimate of drug-likeness (QED) is 0.705. The molecule has 0 aromatic heterocycles. The number of rotatable bonds is 2. The van der Waals surface area contributed by atoms with Crippen LogP contribution in [0.5, 0.6) is 5.75 Å². The second-order valence-corrected chi connectivity index (χ2v) is 2.65. The summed E-state index contributed by atoms with van der Waals surface area (Å²) in [5.41, 5.74) is 6.98. The first-order valence-corrected chi connectivity index (χ1v) is 3.97. The first-order valence-electron chi connectivity index (χ1n) is 3.97. The highest BCUT2D eigenvalue weighted by atomic mass is 16.5. The van der Waals surface area contributed by atoms with Gasteiger partial charge in [0.2, 0.25) is 0 Å². The highest BCUT2D eigenvalue weighted by molar-refractivity contribution is 5.64. The van der Waals surface area contributed by atoms with Crippen LogP contribution in [0.3, 0.4) is 0 Å². The molecule has 4 nitrogen and oxygen atoms in total. The summed E-state index contributed by atoms with van der Waals surface area (Å²) < 4.78 is 5.04. The number of hydrogen-bond donors (Lipinski definition) is 1. The van der Waals surface area contributed by atoms with Crippen LogP contribution >= 0.6 is 0 Å². The molecule has 14 heavy (non-hydrogen) atoms. The Morgan fingerprint density at radius 2 is 2.14 bits per heavy atom. The average molecular weight is 187 g/mol. The van der Waals surface area contributed by atoms with Crippen LogP contribution in [0.1, 0.15) is 11.1 Å². The van der Waals surface area contributed by atoms with Gasteiger partial charge in [0.15, 0.2) is 0 Å². The summed E-state index contributed by atoms with van der Waals surface area (Å²) in [5, 5.41) is 17.3. The zero-order chi connectivity index (χ0) is 10.6. The van der Waals surface area contributed by atoms with E-state index in [1.165, 1.54) is 7.11 Å². The van der Waals surface area contributed by atoms with E-state index in [1.807, 2.05) is 12.1 Å². The van der Waals surface area contributed by atoms with Gasteiger partial charge in [-0.3, -0.25) is 0 Å². The minimum Gasteiger partial charge on any atom is -0.496 e. The number of nitrogens with two attached hydrogens (primary N) is 1. The number of ether oxygens (including phenoxy) is 1. The number of nitrogens with zero attached hydrogens (tertiary/aromatic N) is 2. The lowest BCUT2D eigenvalue weighted by Gasteiger charge is -2.09. The van der Waals surface area contributed by atoms with Crippen molar-refractivity contribution in [3.05, 3.63) is 23.3 Å². The lowest BCUT2D eigenvalue weighted by Crippen LogP contribution is -2.00. The molecule has 0 atom stereocenters. The van der Waals surface area contributed by atoms with Crippen molar-refractivity contribution >= 4 is 5.69 Å². The van der Waals surface area contributed by atoms with Crippen molar-refractivity contribution < 1.29 is 4.74 Å². The van der Waals surface area contributed by atoms with Gasteiger partial charge in [-0.2, -0.15) is 10.5 Å². The van der Waals surface area contributed by atoms with E-state index in [9.17, 15) is 0 Å². The van der Waals surface area contributed by atoms with E-state index in [2.05, 4.69) is 0 Å². The SMILES string of the molecule is COc1ccc(C#N)c(N)c1CC#N. The summed E-state index contributed by atoms with van der Waals surface area (Å²) >= 11 is 0. The molecule has 0 aliphatic carbocycles. The Bertz CT molecular complexity index is 426. The summed E-state index contributed by atoms with van der Waals surface area (Å²) in [7, 11) is 1.50. The van der Waals surface area contributed by atoms with E-state index in [0.29, 0.717) is 22.6 Å². The van der Waals surface area contributed by atoms with Crippen molar-refractivity contribution in [1.29, 1.82) is 10.5 Å². The van der Waals surface area contributed by atoms with Crippen molar-refractivity contribution in [1.82, 2.24) is 0 Å². The van der Waals surface area contributed by atoms with Crippen LogP contribution in [-0.4, -0.2) is 7.11 Å². The van der Waals surface area contributed by atoms with Gasteiger partial charge in [0, 0.05) is 5.56 Å². The third-order valence-corrected chi connectivity index (χ3v) is 1.91. The van der Waals surface area contributed by atoms with Crippen molar-refractivity contribution in [3.8, 4) is 17.9 Å². The molecule has 1 aromatic rings. The molecule has 0 unspecified atom stereocenters. The summed E-state index contributed by atoms with van der Waals surface area (Å²) in [6.07, 6.45) is 0.143. The predicted octanol–water partition coefficient (Wildman–Crippen LogP) is 1.22. The van der Waals surface area contributed by atoms with Crippen LogP contribution in [-0.2, 0) is 6.42 Å². The number of nitriles is 2. The molecule has 0 saturated heterocycles. The molecular weight excluding hydrogens is 178 g/mol. The topological polar surface area (TPSA) is 82.8 Å². The Balaban J connectivity index is 3.34. The van der Waals surface area contributed by atoms with Gasteiger partial charge in [-0.05, 0) is 12.1 Å². The van der Waals surface area contributed by atoms with Gasteiger partial charge in [0.1, 0.15) is 11.8 Å². The van der Waals surface area contributed by atoms with E-state index < -0.39 is 0 Å². The Hall–Kier alpha value is -2.20. The molecule has 0 heterocycles. The van der Waals surface area contributed by atoms with Crippen LogP contribution in [0, 0.1) is 22.7 Å². The first kappa shape index (κ1) is 9.88. The zero-order valence-electron chi connectivity index (χ0n) is 7.74. The molecule has 0 fully saturated rings. The molecule has 4 heteroatoms. The Labute approximate surface area is 82.1 Å². The molecule has 0 aliphatic rings. The lowest BCUT2D eigenvalue weighted by atomic mass is 10.0. The van der Waals surface area contributed by atoms with Gasteiger partial charge >= 0.3 is 0 Å². The summed E-state index contributed by atoms with van der Waals surface area (Å²) in [5.74, 6) is 0.544.